The summed E-state index contributed by atoms with van der Waals surface area (Å²) in [4.78, 5) is 17.2. The molecule has 1 aliphatic carbocycles. The predicted octanol–water partition coefficient (Wildman–Crippen LogP) is 3.73. The van der Waals surface area contributed by atoms with Crippen LogP contribution in [-0.4, -0.2) is 40.2 Å². The van der Waals surface area contributed by atoms with Gasteiger partial charge in [0.1, 0.15) is 6.61 Å². The minimum absolute atomic E-state index is 0.166. The zero-order chi connectivity index (χ0) is 21.6. The van der Waals surface area contributed by atoms with Crippen LogP contribution in [0.2, 0.25) is 0 Å². The van der Waals surface area contributed by atoms with Crippen molar-refractivity contribution < 1.29 is 14.6 Å². The fourth-order valence-electron chi connectivity index (χ4n) is 3.32. The number of ether oxygens (including phenoxy) is 2. The predicted molar refractivity (Wildman–Crippen MR) is 121 cm³/mol. The Morgan fingerprint density at radius 3 is 2.74 bits per heavy atom. The van der Waals surface area contributed by atoms with Crippen LogP contribution in [0.4, 0.5) is 0 Å². The molecule has 4 rings (SSSR count). The molecule has 1 saturated carbocycles. The molecule has 1 aliphatic rings. The Balaban J connectivity index is 1.46. The van der Waals surface area contributed by atoms with E-state index >= 15 is 0 Å². The second-order valence-corrected chi connectivity index (χ2v) is 8.63. The molecule has 0 radical (unpaired) electrons. The van der Waals surface area contributed by atoms with Crippen molar-refractivity contribution in [2.75, 3.05) is 19.5 Å². The zero-order valence-electron chi connectivity index (χ0n) is 17.4. The van der Waals surface area contributed by atoms with E-state index in [9.17, 15) is 9.90 Å². The number of thioether (sulfide) groups is 1. The normalized spacial score (nSPS) is 14.3. The van der Waals surface area contributed by atoms with Gasteiger partial charge in [0.05, 0.1) is 18.9 Å². The number of aromatic nitrogens is 2. The van der Waals surface area contributed by atoms with E-state index in [0.717, 1.165) is 25.0 Å². The molecule has 0 saturated heterocycles. The quantitative estimate of drug-likeness (QED) is 0.486. The summed E-state index contributed by atoms with van der Waals surface area (Å²) in [5.74, 6) is 2.18. The van der Waals surface area contributed by atoms with Gasteiger partial charge < -0.3 is 14.6 Å². The van der Waals surface area contributed by atoms with E-state index in [2.05, 4.69) is 17.1 Å². The number of aliphatic hydroxyl groups is 1. The molecule has 0 aliphatic heterocycles. The van der Waals surface area contributed by atoms with Gasteiger partial charge in [0.2, 0.25) is 0 Å². The molecule has 3 aromatic rings. The molecule has 7 heteroatoms. The van der Waals surface area contributed by atoms with Crippen LogP contribution >= 0.6 is 11.8 Å². The van der Waals surface area contributed by atoms with Crippen LogP contribution < -0.4 is 15.0 Å². The van der Waals surface area contributed by atoms with E-state index in [0.29, 0.717) is 28.1 Å². The van der Waals surface area contributed by atoms with Crippen molar-refractivity contribution in [3.63, 3.8) is 0 Å². The van der Waals surface area contributed by atoms with Gasteiger partial charge in [0, 0.05) is 24.2 Å². The molecule has 0 amide bonds. The fourth-order valence-corrected chi connectivity index (χ4v) is 4.21. The standard InChI is InChI=1S/C24H26N2O4S/c1-29-22-15-19(9-10-21(22)30-16-20(27)18-7-8-18)26-13-12-25-23(24(26)28)31-14-11-17-5-3-2-4-6-17/h2-6,9-10,12-13,15,18,20,27H,7-8,11,14,16H2,1H3. The van der Waals surface area contributed by atoms with Gasteiger partial charge in [-0.2, -0.15) is 0 Å². The van der Waals surface area contributed by atoms with Crippen LogP contribution in [0.3, 0.4) is 0 Å². The number of hydrogen-bond donors (Lipinski definition) is 1. The summed E-state index contributed by atoms with van der Waals surface area (Å²) in [6.45, 7) is 0.234. The van der Waals surface area contributed by atoms with E-state index in [1.807, 2.05) is 18.2 Å². The van der Waals surface area contributed by atoms with Gasteiger partial charge in [-0.25, -0.2) is 4.98 Å². The second-order valence-electron chi connectivity index (χ2n) is 7.54. The Morgan fingerprint density at radius 2 is 2.00 bits per heavy atom. The second kappa shape index (κ2) is 10.0. The molecule has 0 spiro atoms. The summed E-state index contributed by atoms with van der Waals surface area (Å²) in [5.41, 5.74) is 1.74. The van der Waals surface area contributed by atoms with Crippen LogP contribution in [0.1, 0.15) is 18.4 Å². The molecule has 1 atom stereocenters. The molecule has 6 nitrogen and oxygen atoms in total. The van der Waals surface area contributed by atoms with Crippen LogP contribution in [0.25, 0.3) is 5.69 Å². The van der Waals surface area contributed by atoms with Crippen molar-refractivity contribution in [1.29, 1.82) is 0 Å². The van der Waals surface area contributed by atoms with Gasteiger partial charge in [-0.05, 0) is 42.9 Å². The number of nitrogens with zero attached hydrogens (tertiary/aromatic N) is 2. The van der Waals surface area contributed by atoms with E-state index in [-0.39, 0.29) is 12.2 Å². The lowest BCUT2D eigenvalue weighted by molar-refractivity contribution is 0.0880. The smallest absolute Gasteiger partial charge is 0.287 e. The highest BCUT2D eigenvalue weighted by Crippen LogP contribution is 2.34. The minimum Gasteiger partial charge on any atom is -0.493 e. The van der Waals surface area contributed by atoms with Crippen molar-refractivity contribution in [2.24, 2.45) is 5.92 Å². The number of aliphatic hydroxyl groups excluding tert-OH is 1. The summed E-state index contributed by atoms with van der Waals surface area (Å²) in [6, 6.07) is 15.5. The first-order valence-corrected chi connectivity index (χ1v) is 11.4. The third kappa shape index (κ3) is 5.48. The third-order valence-corrected chi connectivity index (χ3v) is 6.24. The highest BCUT2D eigenvalue weighted by molar-refractivity contribution is 7.99. The maximum absolute atomic E-state index is 13.0. The van der Waals surface area contributed by atoms with Crippen molar-refractivity contribution >= 4 is 11.8 Å². The first kappa shape index (κ1) is 21.5. The van der Waals surface area contributed by atoms with E-state index in [4.69, 9.17) is 9.47 Å². The monoisotopic (exact) mass is 438 g/mol. The van der Waals surface area contributed by atoms with Gasteiger partial charge in [0.25, 0.3) is 5.56 Å². The van der Waals surface area contributed by atoms with Gasteiger partial charge in [0.15, 0.2) is 16.5 Å². The number of aryl methyl sites for hydroxylation is 1. The average molecular weight is 439 g/mol. The summed E-state index contributed by atoms with van der Waals surface area (Å²) >= 11 is 1.46. The van der Waals surface area contributed by atoms with Gasteiger partial charge in [-0.3, -0.25) is 9.36 Å². The summed E-state index contributed by atoms with van der Waals surface area (Å²) in [6.07, 6.45) is 5.80. The SMILES string of the molecule is COc1cc(-n2ccnc(SCCc3ccccc3)c2=O)ccc1OCC(O)C1CC1. The van der Waals surface area contributed by atoms with Gasteiger partial charge >= 0.3 is 0 Å². The molecule has 2 aromatic carbocycles. The molecule has 1 fully saturated rings. The van der Waals surface area contributed by atoms with Crippen molar-refractivity contribution in [3.8, 4) is 17.2 Å². The lowest BCUT2D eigenvalue weighted by atomic mass is 10.2. The largest absolute Gasteiger partial charge is 0.493 e. The Bertz CT molecular complexity index is 1070. The topological polar surface area (TPSA) is 73.6 Å². The van der Waals surface area contributed by atoms with Gasteiger partial charge in [-0.1, -0.05) is 30.3 Å². The van der Waals surface area contributed by atoms with Crippen LogP contribution in [-0.2, 0) is 6.42 Å². The minimum atomic E-state index is -0.456. The molecule has 1 N–H and O–H groups in total. The van der Waals surface area contributed by atoms with Crippen LogP contribution in [0.15, 0.2) is 70.7 Å². The highest BCUT2D eigenvalue weighted by atomic mass is 32.2. The van der Waals surface area contributed by atoms with Crippen LogP contribution in [0, 0.1) is 5.92 Å². The molecule has 1 aromatic heterocycles. The molecule has 0 bridgehead atoms. The molecule has 162 valence electrons. The lowest BCUT2D eigenvalue weighted by Gasteiger charge is -2.15. The third-order valence-electron chi connectivity index (χ3n) is 5.28. The fraction of sp³-hybridized carbons (Fsp3) is 0.333. The van der Waals surface area contributed by atoms with E-state index in [1.54, 1.807) is 42.3 Å². The lowest BCUT2D eigenvalue weighted by Crippen LogP contribution is -2.21. The maximum atomic E-state index is 13.0. The highest BCUT2D eigenvalue weighted by Gasteiger charge is 2.30. The summed E-state index contributed by atoms with van der Waals surface area (Å²) < 4.78 is 12.8. The maximum Gasteiger partial charge on any atom is 0.287 e. The van der Waals surface area contributed by atoms with Crippen molar-refractivity contribution in [2.45, 2.75) is 30.4 Å². The molecule has 1 unspecified atom stereocenters. The van der Waals surface area contributed by atoms with E-state index in [1.165, 1.54) is 17.3 Å². The van der Waals surface area contributed by atoms with Crippen molar-refractivity contribution in [1.82, 2.24) is 9.55 Å². The molecular weight excluding hydrogens is 412 g/mol. The first-order valence-electron chi connectivity index (χ1n) is 10.4. The number of rotatable bonds is 10. The first-order chi connectivity index (χ1) is 15.2. The number of methoxy groups -OCH3 is 1. The number of hydrogen-bond acceptors (Lipinski definition) is 6. The van der Waals surface area contributed by atoms with Gasteiger partial charge in [-0.15, -0.1) is 11.8 Å². The van der Waals surface area contributed by atoms with E-state index < -0.39 is 6.10 Å². The molecule has 31 heavy (non-hydrogen) atoms. The Labute approximate surface area is 185 Å². The number of benzene rings is 2. The molecule has 1 heterocycles. The Morgan fingerprint density at radius 1 is 1.19 bits per heavy atom. The summed E-state index contributed by atoms with van der Waals surface area (Å²) in [5, 5.41) is 10.5. The Hall–Kier alpha value is -2.77. The molecular formula is C24H26N2O4S. The average Bonchev–Trinajstić information content (AvgIpc) is 3.65. The Kier molecular flexibility index (Phi) is 6.94. The summed E-state index contributed by atoms with van der Waals surface area (Å²) in [7, 11) is 1.56. The van der Waals surface area contributed by atoms with Crippen LogP contribution in [0.5, 0.6) is 11.5 Å². The van der Waals surface area contributed by atoms with Crippen molar-refractivity contribution in [3.05, 3.63) is 76.8 Å². The zero-order valence-corrected chi connectivity index (χ0v) is 18.3.